The molecule has 0 aliphatic carbocycles. The largest absolute Gasteiger partial charge is 0.497 e. The van der Waals surface area contributed by atoms with Gasteiger partial charge in [0.05, 0.1) is 21.3 Å². The highest BCUT2D eigenvalue weighted by atomic mass is 32.2. The predicted octanol–water partition coefficient (Wildman–Crippen LogP) is 5.25. The van der Waals surface area contributed by atoms with Gasteiger partial charge in [0.1, 0.15) is 5.75 Å². The van der Waals surface area contributed by atoms with Gasteiger partial charge in [0.2, 0.25) is 11.3 Å². The van der Waals surface area contributed by atoms with Crippen molar-refractivity contribution in [1.29, 1.82) is 0 Å². The Balaban J connectivity index is 1.29. The minimum absolute atomic E-state index is 0.391. The number of benzene rings is 3. The van der Waals surface area contributed by atoms with E-state index in [9.17, 15) is 4.21 Å². The van der Waals surface area contributed by atoms with Gasteiger partial charge in [-0.1, -0.05) is 55.3 Å². The van der Waals surface area contributed by atoms with Crippen LogP contribution in [0.1, 0.15) is 53.5 Å². The summed E-state index contributed by atoms with van der Waals surface area (Å²) >= 11 is -1.97. The number of unbranched alkanes of at least 4 members (excludes halogenated alkanes) is 3. The van der Waals surface area contributed by atoms with Gasteiger partial charge in [-0.15, -0.1) is 0 Å². The zero-order chi connectivity index (χ0) is 30.7. The smallest absolute Gasteiger partial charge is 0.232 e. The van der Waals surface area contributed by atoms with Crippen LogP contribution < -0.4 is 29.6 Å². The Bertz CT molecular complexity index is 1240. The zero-order valence-corrected chi connectivity index (χ0v) is 26.8. The minimum Gasteiger partial charge on any atom is -0.497 e. The maximum atomic E-state index is 10.7. The molecule has 3 rings (SSSR count). The minimum atomic E-state index is -1.97. The number of rotatable bonds is 22. The Morgan fingerprint density at radius 1 is 0.674 bits per heavy atom. The molecule has 0 fully saturated rings. The Kier molecular flexibility index (Phi) is 16.1. The molecule has 0 aliphatic rings. The van der Waals surface area contributed by atoms with E-state index >= 15 is 0 Å². The van der Waals surface area contributed by atoms with Crippen LogP contribution >= 0.6 is 0 Å². The van der Waals surface area contributed by atoms with Crippen LogP contribution in [0.3, 0.4) is 0 Å². The van der Waals surface area contributed by atoms with Gasteiger partial charge in [0.25, 0.3) is 0 Å². The average molecular weight is 612 g/mol. The van der Waals surface area contributed by atoms with E-state index in [0.717, 1.165) is 74.7 Å². The first kappa shape index (κ1) is 34.5. The molecular formula is C34H49N3O5S. The van der Waals surface area contributed by atoms with Gasteiger partial charge in [-0.25, -0.2) is 8.93 Å². The monoisotopic (exact) mass is 611 g/mol. The van der Waals surface area contributed by atoms with Gasteiger partial charge in [0, 0.05) is 12.1 Å². The molecule has 236 valence electrons. The molecule has 8 nitrogen and oxygen atoms in total. The number of aryl methyl sites for hydroxylation is 1. The summed E-state index contributed by atoms with van der Waals surface area (Å²) in [5, 5.41) is 7.17. The van der Waals surface area contributed by atoms with Crippen LogP contribution in [0.15, 0.2) is 60.7 Å². The molecule has 0 aromatic heterocycles. The van der Waals surface area contributed by atoms with E-state index in [-0.39, 0.29) is 0 Å². The standard InChI is InChI=1S/C34H49N3O5S/c1-40-31-10-8-9-28(25-31)15-17-32-30(16-18-33(41-2)34(32)42-3)20-24-36-22-7-5-4-6-21-35-23-19-27-11-13-29(14-12-27)26-37-43(38)39/h8-14,16,18,25,35-37H,4-7,15,17,19-24,26H2,1-3H3,(H,38,39). The average Bonchev–Trinajstić information content (AvgIpc) is 3.03. The Morgan fingerprint density at radius 2 is 1.37 bits per heavy atom. The third-order valence-corrected chi connectivity index (χ3v) is 7.98. The predicted molar refractivity (Wildman–Crippen MR) is 176 cm³/mol. The first-order chi connectivity index (χ1) is 21.0. The molecule has 0 heterocycles. The van der Waals surface area contributed by atoms with Crippen LogP contribution in [0.2, 0.25) is 0 Å². The zero-order valence-electron chi connectivity index (χ0n) is 26.0. The summed E-state index contributed by atoms with van der Waals surface area (Å²) in [6.07, 6.45) is 8.52. The van der Waals surface area contributed by atoms with Crippen LogP contribution in [0, 0.1) is 0 Å². The third-order valence-electron chi connectivity index (χ3n) is 7.58. The molecule has 0 spiro atoms. The Morgan fingerprint density at radius 3 is 2.02 bits per heavy atom. The van der Waals surface area contributed by atoms with Crippen LogP contribution in [-0.2, 0) is 43.5 Å². The number of hydrogen-bond acceptors (Lipinski definition) is 6. The van der Waals surface area contributed by atoms with E-state index in [1.165, 1.54) is 47.9 Å². The highest BCUT2D eigenvalue weighted by Crippen LogP contribution is 2.34. The summed E-state index contributed by atoms with van der Waals surface area (Å²) in [5.74, 6) is 2.49. The molecule has 1 atom stereocenters. The molecule has 3 aromatic rings. The number of ether oxygens (including phenoxy) is 3. The van der Waals surface area contributed by atoms with Crippen molar-refractivity contribution in [3.63, 3.8) is 0 Å². The van der Waals surface area contributed by atoms with Crippen molar-refractivity contribution < 1.29 is 23.0 Å². The van der Waals surface area contributed by atoms with Crippen molar-refractivity contribution in [3.8, 4) is 17.2 Å². The van der Waals surface area contributed by atoms with Gasteiger partial charge < -0.3 is 24.8 Å². The molecule has 3 aromatic carbocycles. The van der Waals surface area contributed by atoms with E-state index in [4.69, 9.17) is 18.8 Å². The van der Waals surface area contributed by atoms with E-state index in [1.807, 2.05) is 30.3 Å². The quantitative estimate of drug-likeness (QED) is 0.0910. The summed E-state index contributed by atoms with van der Waals surface area (Å²) in [5.41, 5.74) is 6.02. The summed E-state index contributed by atoms with van der Waals surface area (Å²) in [4.78, 5) is 0. The van der Waals surface area contributed by atoms with Gasteiger partial charge in [-0.2, -0.15) is 0 Å². The van der Waals surface area contributed by atoms with E-state index in [0.29, 0.717) is 6.54 Å². The molecule has 0 saturated heterocycles. The fraction of sp³-hybridized carbons (Fsp3) is 0.471. The van der Waals surface area contributed by atoms with Crippen LogP contribution in [0.5, 0.6) is 17.2 Å². The van der Waals surface area contributed by atoms with Gasteiger partial charge in [0.15, 0.2) is 11.5 Å². The number of methoxy groups -OCH3 is 3. The van der Waals surface area contributed by atoms with Crippen molar-refractivity contribution in [1.82, 2.24) is 15.4 Å². The first-order valence-electron chi connectivity index (χ1n) is 15.2. The van der Waals surface area contributed by atoms with Crippen molar-refractivity contribution in [2.75, 3.05) is 47.5 Å². The molecular weight excluding hydrogens is 562 g/mol. The normalized spacial score (nSPS) is 11.8. The summed E-state index contributed by atoms with van der Waals surface area (Å²) in [6.45, 7) is 4.34. The number of hydrogen-bond donors (Lipinski definition) is 4. The first-order valence-corrected chi connectivity index (χ1v) is 16.3. The maximum Gasteiger partial charge on any atom is 0.232 e. The topological polar surface area (TPSA) is 101 Å². The molecule has 0 radical (unpaired) electrons. The van der Waals surface area contributed by atoms with Gasteiger partial charge in [-0.3, -0.25) is 4.55 Å². The van der Waals surface area contributed by atoms with E-state index in [1.54, 1.807) is 21.3 Å². The van der Waals surface area contributed by atoms with Crippen molar-refractivity contribution in [3.05, 3.63) is 88.5 Å². The SMILES string of the molecule is COc1cccc(CCc2c(CCNCCCCCCNCCc3ccc(CNS(=O)O)cc3)ccc(OC)c2OC)c1. The third kappa shape index (κ3) is 12.7. The van der Waals surface area contributed by atoms with E-state index in [2.05, 4.69) is 45.7 Å². The highest BCUT2D eigenvalue weighted by molar-refractivity contribution is 7.77. The lowest BCUT2D eigenvalue weighted by Gasteiger charge is -2.17. The second-order valence-corrected chi connectivity index (χ2v) is 11.4. The highest BCUT2D eigenvalue weighted by Gasteiger charge is 2.15. The summed E-state index contributed by atoms with van der Waals surface area (Å²) in [7, 11) is 5.11. The Labute approximate surface area is 260 Å². The lowest BCUT2D eigenvalue weighted by atomic mass is 9.96. The Hall–Kier alpha value is -2.95. The van der Waals surface area contributed by atoms with Crippen LogP contribution in [0.25, 0.3) is 0 Å². The molecule has 0 amide bonds. The second-order valence-electron chi connectivity index (χ2n) is 10.6. The fourth-order valence-electron chi connectivity index (χ4n) is 5.17. The lowest BCUT2D eigenvalue weighted by Crippen LogP contribution is -2.20. The van der Waals surface area contributed by atoms with Crippen molar-refractivity contribution >= 4 is 11.3 Å². The fourth-order valence-corrected chi connectivity index (χ4v) is 5.46. The van der Waals surface area contributed by atoms with Gasteiger partial charge >= 0.3 is 0 Å². The second kappa shape index (κ2) is 20.1. The molecule has 0 bridgehead atoms. The van der Waals surface area contributed by atoms with Gasteiger partial charge in [-0.05, 0) is 105 Å². The number of nitrogens with one attached hydrogen (secondary N) is 3. The molecule has 43 heavy (non-hydrogen) atoms. The van der Waals surface area contributed by atoms with E-state index < -0.39 is 11.3 Å². The van der Waals surface area contributed by atoms with Crippen LogP contribution in [-0.4, -0.2) is 56.3 Å². The maximum absolute atomic E-state index is 10.7. The lowest BCUT2D eigenvalue weighted by molar-refractivity contribution is 0.351. The molecule has 9 heteroatoms. The molecule has 0 saturated carbocycles. The summed E-state index contributed by atoms with van der Waals surface area (Å²) in [6, 6.07) is 20.6. The molecule has 4 N–H and O–H groups in total. The molecule has 1 unspecified atom stereocenters. The summed E-state index contributed by atoms with van der Waals surface area (Å²) < 4.78 is 38.8. The van der Waals surface area contributed by atoms with Crippen molar-refractivity contribution in [2.24, 2.45) is 0 Å². The van der Waals surface area contributed by atoms with Crippen LogP contribution in [0.4, 0.5) is 0 Å². The molecule has 0 aliphatic heterocycles. The van der Waals surface area contributed by atoms with Crippen molar-refractivity contribution in [2.45, 2.75) is 57.9 Å².